The lowest BCUT2D eigenvalue weighted by molar-refractivity contribution is 0.577. The van der Waals surface area contributed by atoms with Crippen LogP contribution in [0.2, 0.25) is 0 Å². The summed E-state index contributed by atoms with van der Waals surface area (Å²) in [5.41, 5.74) is 0.892. The Balaban J connectivity index is 3.11. The molecule has 0 aromatic carbocycles. The van der Waals surface area contributed by atoms with Crippen molar-refractivity contribution in [1.82, 2.24) is 9.55 Å². The molecule has 0 aliphatic heterocycles. The van der Waals surface area contributed by atoms with Crippen molar-refractivity contribution in [3.8, 4) is 0 Å². The quantitative estimate of drug-likeness (QED) is 0.680. The van der Waals surface area contributed by atoms with Gasteiger partial charge in [-0.2, -0.15) is 0 Å². The highest BCUT2D eigenvalue weighted by atomic mass is 32.2. The van der Waals surface area contributed by atoms with Gasteiger partial charge in [0.1, 0.15) is 0 Å². The van der Waals surface area contributed by atoms with E-state index in [1.807, 2.05) is 6.92 Å². The van der Waals surface area contributed by atoms with Crippen molar-refractivity contribution in [3.63, 3.8) is 0 Å². The van der Waals surface area contributed by atoms with Crippen molar-refractivity contribution in [2.75, 3.05) is 6.26 Å². The van der Waals surface area contributed by atoms with Crippen molar-refractivity contribution >= 4 is 9.84 Å². The minimum absolute atomic E-state index is 0.0931. The number of allylic oxidation sites excluding steroid dienone is 1. The molecule has 0 amide bonds. The highest BCUT2D eigenvalue weighted by Gasteiger charge is 2.13. The molecule has 1 aromatic heterocycles. The Labute approximate surface area is 77.8 Å². The van der Waals surface area contributed by atoms with Gasteiger partial charge in [-0.1, -0.05) is 12.2 Å². The molecule has 0 saturated heterocycles. The van der Waals surface area contributed by atoms with Crippen molar-refractivity contribution in [2.45, 2.75) is 18.6 Å². The first kappa shape index (κ1) is 9.98. The van der Waals surface area contributed by atoms with E-state index < -0.39 is 9.84 Å². The number of aromatic nitrogens is 2. The summed E-state index contributed by atoms with van der Waals surface area (Å²) in [5.74, 6) is 0. The van der Waals surface area contributed by atoms with Crippen LogP contribution in [0.1, 0.15) is 6.92 Å². The van der Waals surface area contributed by atoms with E-state index in [1.54, 1.807) is 10.8 Å². The topological polar surface area (TPSA) is 52.0 Å². The lowest BCUT2D eigenvalue weighted by Crippen LogP contribution is -2.09. The third kappa shape index (κ3) is 2.42. The monoisotopic (exact) mass is 200 g/mol. The SMILES string of the molecule is C=C(C)Cn1ccnc1S(C)(=O)=O. The Morgan fingerprint density at radius 1 is 1.69 bits per heavy atom. The van der Waals surface area contributed by atoms with Gasteiger partial charge >= 0.3 is 0 Å². The molecule has 0 atom stereocenters. The fourth-order valence-electron chi connectivity index (χ4n) is 1.04. The average molecular weight is 200 g/mol. The minimum Gasteiger partial charge on any atom is -0.318 e. The molecule has 0 radical (unpaired) electrons. The molecular weight excluding hydrogens is 188 g/mol. The summed E-state index contributed by atoms with van der Waals surface area (Å²) < 4.78 is 23.9. The van der Waals surface area contributed by atoms with Gasteiger partial charge in [0.15, 0.2) is 0 Å². The zero-order chi connectivity index (χ0) is 10.1. The molecule has 0 aliphatic rings. The third-order valence-electron chi connectivity index (χ3n) is 1.45. The van der Waals surface area contributed by atoms with Gasteiger partial charge in [-0.25, -0.2) is 13.4 Å². The molecule has 0 aliphatic carbocycles. The standard InChI is InChI=1S/C8H12N2O2S/c1-7(2)6-10-5-4-9-8(10)13(3,11)12/h4-5H,1,6H2,2-3H3. The zero-order valence-electron chi connectivity index (χ0n) is 7.69. The van der Waals surface area contributed by atoms with Gasteiger partial charge in [0.05, 0.1) is 0 Å². The van der Waals surface area contributed by atoms with Crippen LogP contribution in [0.4, 0.5) is 0 Å². The molecule has 1 aromatic rings. The lowest BCUT2D eigenvalue weighted by atomic mass is 10.3. The van der Waals surface area contributed by atoms with Crippen LogP contribution in [0.15, 0.2) is 29.7 Å². The number of nitrogens with zero attached hydrogens (tertiary/aromatic N) is 2. The molecule has 0 saturated carbocycles. The second kappa shape index (κ2) is 3.33. The maximum Gasteiger partial charge on any atom is 0.227 e. The lowest BCUT2D eigenvalue weighted by Gasteiger charge is -2.04. The molecule has 0 bridgehead atoms. The van der Waals surface area contributed by atoms with Crippen LogP contribution >= 0.6 is 0 Å². The Hall–Kier alpha value is -1.10. The Morgan fingerprint density at radius 2 is 2.31 bits per heavy atom. The number of hydrogen-bond acceptors (Lipinski definition) is 3. The van der Waals surface area contributed by atoms with E-state index in [9.17, 15) is 8.42 Å². The van der Waals surface area contributed by atoms with Crippen molar-refractivity contribution in [3.05, 3.63) is 24.5 Å². The molecule has 0 fully saturated rings. The van der Waals surface area contributed by atoms with E-state index in [0.29, 0.717) is 6.54 Å². The Bertz CT molecular complexity index is 417. The van der Waals surface area contributed by atoms with E-state index in [-0.39, 0.29) is 5.16 Å². The Morgan fingerprint density at radius 3 is 2.77 bits per heavy atom. The van der Waals surface area contributed by atoms with Crippen molar-refractivity contribution in [1.29, 1.82) is 0 Å². The van der Waals surface area contributed by atoms with Crippen LogP contribution in [-0.2, 0) is 16.4 Å². The largest absolute Gasteiger partial charge is 0.318 e. The first-order valence-corrected chi connectivity index (χ1v) is 5.66. The van der Waals surface area contributed by atoms with Crippen LogP contribution < -0.4 is 0 Å². The molecule has 72 valence electrons. The molecule has 0 spiro atoms. The van der Waals surface area contributed by atoms with Gasteiger partial charge in [0.25, 0.3) is 0 Å². The van der Waals surface area contributed by atoms with E-state index >= 15 is 0 Å². The van der Waals surface area contributed by atoms with E-state index in [1.165, 1.54) is 6.20 Å². The summed E-state index contributed by atoms with van der Waals surface area (Å²) >= 11 is 0. The molecular formula is C8H12N2O2S. The van der Waals surface area contributed by atoms with E-state index in [0.717, 1.165) is 11.8 Å². The van der Waals surface area contributed by atoms with E-state index in [4.69, 9.17) is 0 Å². The summed E-state index contributed by atoms with van der Waals surface area (Å²) in [4.78, 5) is 3.77. The molecule has 0 unspecified atom stereocenters. The van der Waals surface area contributed by atoms with Gasteiger partial charge in [-0.15, -0.1) is 0 Å². The maximum atomic E-state index is 11.2. The van der Waals surface area contributed by atoms with Crippen LogP contribution in [0.25, 0.3) is 0 Å². The summed E-state index contributed by atoms with van der Waals surface area (Å²) in [6.07, 6.45) is 4.24. The molecule has 1 heterocycles. The fourth-order valence-corrected chi connectivity index (χ4v) is 1.84. The zero-order valence-corrected chi connectivity index (χ0v) is 8.50. The first-order valence-electron chi connectivity index (χ1n) is 3.77. The summed E-state index contributed by atoms with van der Waals surface area (Å²) in [5, 5.41) is 0.0931. The van der Waals surface area contributed by atoms with E-state index in [2.05, 4.69) is 11.6 Å². The summed E-state index contributed by atoms with van der Waals surface area (Å²) in [7, 11) is -3.23. The molecule has 0 N–H and O–H groups in total. The normalized spacial score (nSPS) is 11.5. The van der Waals surface area contributed by atoms with Crippen LogP contribution in [0, 0.1) is 0 Å². The molecule has 13 heavy (non-hydrogen) atoms. The second-order valence-electron chi connectivity index (χ2n) is 3.07. The maximum absolute atomic E-state index is 11.2. The molecule has 1 rings (SSSR count). The van der Waals surface area contributed by atoms with Crippen molar-refractivity contribution in [2.24, 2.45) is 0 Å². The minimum atomic E-state index is -3.23. The van der Waals surface area contributed by atoms with Gasteiger partial charge in [-0.3, -0.25) is 0 Å². The van der Waals surface area contributed by atoms with Crippen LogP contribution in [0.3, 0.4) is 0 Å². The number of sulfone groups is 1. The number of rotatable bonds is 3. The smallest absolute Gasteiger partial charge is 0.227 e. The Kier molecular flexibility index (Phi) is 2.56. The van der Waals surface area contributed by atoms with Gasteiger partial charge < -0.3 is 4.57 Å². The summed E-state index contributed by atoms with van der Waals surface area (Å²) in [6.45, 7) is 6.04. The number of hydrogen-bond donors (Lipinski definition) is 0. The van der Waals surface area contributed by atoms with Crippen molar-refractivity contribution < 1.29 is 8.42 Å². The van der Waals surface area contributed by atoms with Gasteiger partial charge in [-0.05, 0) is 6.92 Å². The van der Waals surface area contributed by atoms with Crippen LogP contribution in [-0.4, -0.2) is 24.2 Å². The first-order chi connectivity index (χ1) is 5.91. The predicted molar refractivity (Wildman–Crippen MR) is 50.2 cm³/mol. The average Bonchev–Trinajstić information content (AvgIpc) is 2.31. The molecule has 4 nitrogen and oxygen atoms in total. The summed E-state index contributed by atoms with van der Waals surface area (Å²) in [6, 6.07) is 0. The number of imidazole rings is 1. The van der Waals surface area contributed by atoms with Crippen LogP contribution in [0.5, 0.6) is 0 Å². The predicted octanol–water partition coefficient (Wildman–Crippen LogP) is 0.863. The van der Waals surface area contributed by atoms with Gasteiger partial charge in [0, 0.05) is 25.2 Å². The molecule has 5 heteroatoms. The highest BCUT2D eigenvalue weighted by molar-refractivity contribution is 7.90. The fraction of sp³-hybridized carbons (Fsp3) is 0.375. The second-order valence-corrected chi connectivity index (χ2v) is 4.98. The third-order valence-corrected chi connectivity index (χ3v) is 2.45. The highest BCUT2D eigenvalue weighted by Crippen LogP contribution is 2.07. The van der Waals surface area contributed by atoms with Gasteiger partial charge in [0.2, 0.25) is 15.0 Å².